The maximum absolute atomic E-state index is 14.0. The second-order valence-corrected chi connectivity index (χ2v) is 6.80. The first-order chi connectivity index (χ1) is 12.6. The molecule has 26 heavy (non-hydrogen) atoms. The second kappa shape index (κ2) is 8.52. The summed E-state index contributed by atoms with van der Waals surface area (Å²) in [6, 6.07) is 12.4. The molecule has 6 heteroatoms. The average Bonchev–Trinajstić information content (AvgIpc) is 2.81. The van der Waals surface area contributed by atoms with Crippen molar-refractivity contribution in [3.63, 3.8) is 0 Å². The van der Waals surface area contributed by atoms with Crippen LogP contribution < -0.4 is 4.74 Å². The van der Waals surface area contributed by atoms with Crippen molar-refractivity contribution in [2.75, 3.05) is 26.7 Å². The third-order valence-electron chi connectivity index (χ3n) is 4.66. The van der Waals surface area contributed by atoms with Crippen molar-refractivity contribution < 1.29 is 13.9 Å². The van der Waals surface area contributed by atoms with Crippen LogP contribution >= 0.6 is 11.6 Å². The van der Waals surface area contributed by atoms with Crippen LogP contribution in [-0.2, 0) is 17.9 Å². The van der Waals surface area contributed by atoms with Crippen molar-refractivity contribution in [2.24, 2.45) is 0 Å². The van der Waals surface area contributed by atoms with Gasteiger partial charge in [-0.05, 0) is 29.8 Å². The topological polar surface area (TPSA) is 32.8 Å². The number of nitrogens with zero attached hydrogens (tertiary/aromatic N) is 2. The van der Waals surface area contributed by atoms with E-state index in [4.69, 9.17) is 16.3 Å². The molecule has 0 spiro atoms. The Morgan fingerprint density at radius 3 is 2.54 bits per heavy atom. The van der Waals surface area contributed by atoms with E-state index >= 15 is 0 Å². The molecule has 1 heterocycles. The monoisotopic (exact) mass is 376 g/mol. The SMILES string of the molecule is COc1ccc(CN2CCN(Cc3c(F)cccc3Cl)CCC2=O)cc1. The fraction of sp³-hybridized carbons (Fsp3) is 0.350. The van der Waals surface area contributed by atoms with Crippen molar-refractivity contribution in [3.05, 3.63) is 64.4 Å². The molecule has 0 aliphatic carbocycles. The number of carbonyl (C=O) groups is 1. The molecule has 1 fully saturated rings. The van der Waals surface area contributed by atoms with Crippen LogP contribution in [0.5, 0.6) is 5.75 Å². The summed E-state index contributed by atoms with van der Waals surface area (Å²) in [5.41, 5.74) is 1.55. The smallest absolute Gasteiger partial charge is 0.224 e. The van der Waals surface area contributed by atoms with E-state index in [1.165, 1.54) is 6.07 Å². The van der Waals surface area contributed by atoms with Crippen molar-refractivity contribution >= 4 is 17.5 Å². The van der Waals surface area contributed by atoms with E-state index in [1.54, 1.807) is 19.2 Å². The molecule has 0 unspecified atom stereocenters. The van der Waals surface area contributed by atoms with Crippen LogP contribution in [0, 0.1) is 5.82 Å². The van der Waals surface area contributed by atoms with E-state index in [-0.39, 0.29) is 11.7 Å². The minimum atomic E-state index is -0.303. The predicted octanol–water partition coefficient (Wildman–Crippen LogP) is 3.72. The molecule has 1 saturated heterocycles. The summed E-state index contributed by atoms with van der Waals surface area (Å²) in [6.45, 7) is 2.87. The molecule has 1 aliphatic rings. The quantitative estimate of drug-likeness (QED) is 0.797. The number of amides is 1. The van der Waals surface area contributed by atoms with Gasteiger partial charge in [-0.3, -0.25) is 9.69 Å². The molecular formula is C20H22ClFN2O2. The summed E-state index contributed by atoms with van der Waals surface area (Å²) in [5, 5.41) is 0.427. The second-order valence-electron chi connectivity index (χ2n) is 6.39. The number of ether oxygens (including phenoxy) is 1. The van der Waals surface area contributed by atoms with E-state index in [0.717, 1.165) is 11.3 Å². The molecule has 0 aromatic heterocycles. The van der Waals surface area contributed by atoms with Gasteiger partial charge in [0, 0.05) is 49.7 Å². The average molecular weight is 377 g/mol. The number of halogens is 2. The summed E-state index contributed by atoms with van der Waals surface area (Å²) in [5.74, 6) is 0.606. The van der Waals surface area contributed by atoms with Gasteiger partial charge in [-0.2, -0.15) is 0 Å². The van der Waals surface area contributed by atoms with Gasteiger partial charge in [0.1, 0.15) is 11.6 Å². The summed E-state index contributed by atoms with van der Waals surface area (Å²) in [6.07, 6.45) is 0.419. The van der Waals surface area contributed by atoms with Gasteiger partial charge >= 0.3 is 0 Å². The minimum absolute atomic E-state index is 0.114. The van der Waals surface area contributed by atoms with Crippen LogP contribution in [0.1, 0.15) is 17.5 Å². The summed E-state index contributed by atoms with van der Waals surface area (Å²) >= 11 is 6.12. The molecule has 3 rings (SSSR count). The van der Waals surface area contributed by atoms with Crippen LogP contribution in [0.4, 0.5) is 4.39 Å². The Hall–Kier alpha value is -2.11. The normalized spacial score (nSPS) is 15.8. The number of rotatable bonds is 5. The third-order valence-corrected chi connectivity index (χ3v) is 5.01. The van der Waals surface area contributed by atoms with E-state index in [1.807, 2.05) is 29.2 Å². The fourth-order valence-corrected chi connectivity index (χ4v) is 3.32. The standard InChI is InChI=1S/C20H22ClFN2O2/c1-26-16-7-5-15(6-8-16)13-24-12-11-23(10-9-20(24)25)14-17-18(21)3-2-4-19(17)22/h2-8H,9-14H2,1H3. The van der Waals surface area contributed by atoms with Gasteiger partial charge in [0.25, 0.3) is 0 Å². The van der Waals surface area contributed by atoms with Crippen molar-refractivity contribution in [3.8, 4) is 5.75 Å². The number of benzene rings is 2. The van der Waals surface area contributed by atoms with Gasteiger partial charge in [0.2, 0.25) is 5.91 Å². The maximum Gasteiger partial charge on any atom is 0.224 e. The molecule has 1 aliphatic heterocycles. The Balaban J connectivity index is 1.63. The van der Waals surface area contributed by atoms with Gasteiger partial charge < -0.3 is 9.64 Å². The maximum atomic E-state index is 14.0. The Labute approximate surface area is 158 Å². The Morgan fingerprint density at radius 1 is 1.08 bits per heavy atom. The van der Waals surface area contributed by atoms with Crippen molar-refractivity contribution in [1.29, 1.82) is 0 Å². The molecule has 4 nitrogen and oxygen atoms in total. The zero-order valence-corrected chi connectivity index (χ0v) is 15.5. The first-order valence-electron chi connectivity index (χ1n) is 8.63. The number of hydrogen-bond acceptors (Lipinski definition) is 3. The Morgan fingerprint density at radius 2 is 1.85 bits per heavy atom. The lowest BCUT2D eigenvalue weighted by Crippen LogP contribution is -2.32. The third kappa shape index (κ3) is 4.54. The molecule has 138 valence electrons. The van der Waals surface area contributed by atoms with E-state index in [9.17, 15) is 9.18 Å². The molecule has 0 N–H and O–H groups in total. The molecular weight excluding hydrogens is 355 g/mol. The van der Waals surface area contributed by atoms with Gasteiger partial charge in [-0.15, -0.1) is 0 Å². The molecule has 1 amide bonds. The highest BCUT2D eigenvalue weighted by Crippen LogP contribution is 2.22. The summed E-state index contributed by atoms with van der Waals surface area (Å²) in [4.78, 5) is 16.4. The fourth-order valence-electron chi connectivity index (χ4n) is 3.09. The van der Waals surface area contributed by atoms with Crippen LogP contribution in [0.3, 0.4) is 0 Å². The molecule has 0 atom stereocenters. The molecule has 0 radical (unpaired) electrons. The number of carbonyl (C=O) groups excluding carboxylic acids is 1. The summed E-state index contributed by atoms with van der Waals surface area (Å²) < 4.78 is 19.2. The van der Waals surface area contributed by atoms with E-state index < -0.39 is 0 Å². The lowest BCUT2D eigenvalue weighted by atomic mass is 10.2. The first kappa shape index (κ1) is 18.7. The molecule has 0 bridgehead atoms. The highest BCUT2D eigenvalue weighted by atomic mass is 35.5. The molecule has 2 aromatic rings. The lowest BCUT2D eigenvalue weighted by molar-refractivity contribution is -0.130. The highest BCUT2D eigenvalue weighted by molar-refractivity contribution is 6.31. The Kier molecular flexibility index (Phi) is 6.12. The van der Waals surface area contributed by atoms with Gasteiger partial charge in [-0.25, -0.2) is 4.39 Å². The number of methoxy groups -OCH3 is 1. The van der Waals surface area contributed by atoms with Crippen LogP contribution in [0.25, 0.3) is 0 Å². The van der Waals surface area contributed by atoms with Gasteiger partial charge in [0.15, 0.2) is 0 Å². The van der Waals surface area contributed by atoms with Crippen LogP contribution in [0.15, 0.2) is 42.5 Å². The lowest BCUT2D eigenvalue weighted by Gasteiger charge is -2.22. The zero-order chi connectivity index (χ0) is 18.5. The summed E-state index contributed by atoms with van der Waals surface area (Å²) in [7, 11) is 1.63. The van der Waals surface area contributed by atoms with Crippen LogP contribution in [0.2, 0.25) is 5.02 Å². The highest BCUT2D eigenvalue weighted by Gasteiger charge is 2.22. The van der Waals surface area contributed by atoms with Crippen molar-refractivity contribution in [2.45, 2.75) is 19.5 Å². The first-order valence-corrected chi connectivity index (χ1v) is 9.00. The van der Waals surface area contributed by atoms with Gasteiger partial charge in [0.05, 0.1) is 7.11 Å². The number of hydrogen-bond donors (Lipinski definition) is 0. The largest absolute Gasteiger partial charge is 0.497 e. The molecule has 2 aromatic carbocycles. The van der Waals surface area contributed by atoms with E-state index in [0.29, 0.717) is 49.7 Å². The van der Waals surface area contributed by atoms with Crippen LogP contribution in [-0.4, -0.2) is 42.5 Å². The molecule has 0 saturated carbocycles. The minimum Gasteiger partial charge on any atom is -0.497 e. The van der Waals surface area contributed by atoms with Gasteiger partial charge in [-0.1, -0.05) is 29.8 Å². The van der Waals surface area contributed by atoms with E-state index in [2.05, 4.69) is 4.90 Å². The predicted molar refractivity (Wildman–Crippen MR) is 99.7 cm³/mol. The zero-order valence-electron chi connectivity index (χ0n) is 14.8. The Bertz CT molecular complexity index is 747. The van der Waals surface area contributed by atoms with Crippen molar-refractivity contribution in [1.82, 2.24) is 9.80 Å².